The number of aliphatic hydroxyl groups excluding tert-OH is 1. The lowest BCUT2D eigenvalue weighted by molar-refractivity contribution is -0.233. The third-order valence-corrected chi connectivity index (χ3v) is 5.58. The molecule has 29 heavy (non-hydrogen) atoms. The summed E-state index contributed by atoms with van der Waals surface area (Å²) >= 11 is 0. The molecule has 1 heterocycles. The Bertz CT molecular complexity index is 997. The lowest BCUT2D eigenvalue weighted by Crippen LogP contribution is -2.38. The van der Waals surface area contributed by atoms with Crippen molar-refractivity contribution in [1.82, 2.24) is 0 Å². The van der Waals surface area contributed by atoms with E-state index in [0.717, 1.165) is 0 Å². The molecule has 0 amide bonds. The summed E-state index contributed by atoms with van der Waals surface area (Å²) in [6, 6.07) is 7.56. The van der Waals surface area contributed by atoms with Crippen LogP contribution >= 0.6 is 0 Å². The Kier molecular flexibility index (Phi) is 4.90. The highest BCUT2D eigenvalue weighted by Gasteiger charge is 2.37. The monoisotopic (exact) mass is 398 g/mol. The number of aromatic hydroxyl groups is 2. The van der Waals surface area contributed by atoms with Crippen LogP contribution in [0.2, 0.25) is 0 Å². The van der Waals surface area contributed by atoms with Crippen molar-refractivity contribution in [2.75, 3.05) is 0 Å². The Morgan fingerprint density at radius 1 is 1.07 bits per heavy atom. The van der Waals surface area contributed by atoms with Gasteiger partial charge < -0.3 is 24.8 Å². The number of ketones is 2. The van der Waals surface area contributed by atoms with Gasteiger partial charge in [0.25, 0.3) is 0 Å². The molecule has 0 spiro atoms. The van der Waals surface area contributed by atoms with Crippen LogP contribution in [-0.2, 0) is 9.47 Å². The molecule has 0 bridgehead atoms. The van der Waals surface area contributed by atoms with Gasteiger partial charge in [0.1, 0.15) is 11.5 Å². The molecule has 1 aliphatic carbocycles. The van der Waals surface area contributed by atoms with E-state index in [2.05, 4.69) is 0 Å². The number of phenolic OH excluding ortho intramolecular Hbond substituents is 2. The number of rotatable bonds is 3. The maximum atomic E-state index is 13.0. The van der Waals surface area contributed by atoms with E-state index in [1.807, 2.05) is 0 Å². The van der Waals surface area contributed by atoms with Gasteiger partial charge in [-0.25, -0.2) is 0 Å². The summed E-state index contributed by atoms with van der Waals surface area (Å²) in [6.45, 7) is 3.40. The SMILES string of the molecule is C[C@H](O[C@@H]1CC[C@@H](O)[C@H](C)O1)c1cc(O)c2c(c1O)C(=O)c1ccccc1C2=O. The number of hydrogen-bond donors (Lipinski definition) is 3. The largest absolute Gasteiger partial charge is 0.507 e. The Balaban J connectivity index is 1.70. The number of hydrogen-bond acceptors (Lipinski definition) is 7. The average molecular weight is 398 g/mol. The highest BCUT2D eigenvalue weighted by molar-refractivity contribution is 6.30. The fourth-order valence-corrected chi connectivity index (χ4v) is 3.93. The third-order valence-electron chi connectivity index (χ3n) is 5.58. The standard InChI is InChI=1S/C22H22O7/c1-10(28-17-8-7-15(23)11(2)29-17)14-9-16(24)18-19(22(14)27)21(26)13-6-4-3-5-12(13)20(18)25/h3-6,9-11,15,17,23-24,27H,7-8H2,1-2H3/t10-,11-,15+,17-/m0/s1. The first-order valence-corrected chi connectivity index (χ1v) is 9.55. The van der Waals surface area contributed by atoms with Gasteiger partial charge in [0.05, 0.1) is 29.4 Å². The fraction of sp³-hybridized carbons (Fsp3) is 0.364. The summed E-state index contributed by atoms with van der Waals surface area (Å²) in [5.74, 6) is -1.81. The van der Waals surface area contributed by atoms with Gasteiger partial charge in [-0.1, -0.05) is 24.3 Å². The quantitative estimate of drug-likeness (QED) is 0.582. The van der Waals surface area contributed by atoms with Gasteiger partial charge in [0.15, 0.2) is 17.9 Å². The molecule has 1 saturated heterocycles. The predicted octanol–water partition coefficient (Wildman–Crippen LogP) is 2.84. The minimum Gasteiger partial charge on any atom is -0.507 e. The zero-order valence-corrected chi connectivity index (χ0v) is 16.1. The van der Waals surface area contributed by atoms with Crippen molar-refractivity contribution in [3.63, 3.8) is 0 Å². The molecule has 7 heteroatoms. The van der Waals surface area contributed by atoms with E-state index < -0.39 is 30.1 Å². The highest BCUT2D eigenvalue weighted by Crippen LogP contribution is 2.43. The Morgan fingerprint density at radius 3 is 2.31 bits per heavy atom. The summed E-state index contributed by atoms with van der Waals surface area (Å²) in [4.78, 5) is 25.7. The lowest BCUT2D eigenvalue weighted by atomic mass is 9.81. The summed E-state index contributed by atoms with van der Waals surface area (Å²) in [5, 5.41) is 31.1. The van der Waals surface area contributed by atoms with Gasteiger partial charge >= 0.3 is 0 Å². The van der Waals surface area contributed by atoms with Crippen molar-refractivity contribution in [2.24, 2.45) is 0 Å². The van der Waals surface area contributed by atoms with Crippen molar-refractivity contribution in [1.29, 1.82) is 0 Å². The van der Waals surface area contributed by atoms with E-state index >= 15 is 0 Å². The van der Waals surface area contributed by atoms with Crippen LogP contribution in [0.15, 0.2) is 30.3 Å². The highest BCUT2D eigenvalue weighted by atomic mass is 16.7. The van der Waals surface area contributed by atoms with Crippen LogP contribution in [0.5, 0.6) is 11.5 Å². The maximum Gasteiger partial charge on any atom is 0.198 e. The minimum absolute atomic E-state index is 0.184. The summed E-state index contributed by atoms with van der Waals surface area (Å²) in [6.07, 6.45) is -1.28. The fourth-order valence-electron chi connectivity index (χ4n) is 3.93. The van der Waals surface area contributed by atoms with E-state index in [-0.39, 0.29) is 45.4 Å². The van der Waals surface area contributed by atoms with Gasteiger partial charge in [-0.3, -0.25) is 9.59 Å². The molecule has 0 unspecified atom stereocenters. The van der Waals surface area contributed by atoms with Crippen LogP contribution < -0.4 is 0 Å². The predicted molar refractivity (Wildman–Crippen MR) is 102 cm³/mol. The molecule has 0 radical (unpaired) electrons. The molecule has 152 valence electrons. The molecule has 1 fully saturated rings. The minimum atomic E-state index is -0.723. The Labute approximate surface area is 167 Å². The van der Waals surface area contributed by atoms with Crippen LogP contribution in [0.1, 0.15) is 70.2 Å². The first kappa shape index (κ1) is 19.6. The van der Waals surface area contributed by atoms with Crippen LogP contribution in [-0.4, -0.2) is 45.4 Å². The molecule has 0 aromatic heterocycles. The Hall–Kier alpha value is -2.74. The lowest BCUT2D eigenvalue weighted by Gasteiger charge is -2.33. The van der Waals surface area contributed by atoms with Gasteiger partial charge in [0.2, 0.25) is 0 Å². The molecule has 3 N–H and O–H groups in total. The van der Waals surface area contributed by atoms with E-state index in [4.69, 9.17) is 9.47 Å². The number of ether oxygens (including phenoxy) is 2. The smallest absolute Gasteiger partial charge is 0.198 e. The molecule has 7 nitrogen and oxygen atoms in total. The molecule has 2 aliphatic rings. The van der Waals surface area contributed by atoms with Crippen molar-refractivity contribution in [3.05, 3.63) is 58.1 Å². The number of carbonyl (C=O) groups excluding carboxylic acids is 2. The number of phenols is 2. The van der Waals surface area contributed by atoms with Crippen molar-refractivity contribution in [3.8, 4) is 11.5 Å². The molecular weight excluding hydrogens is 376 g/mol. The second-order valence-electron chi connectivity index (χ2n) is 7.48. The molecule has 4 rings (SSSR count). The first-order chi connectivity index (χ1) is 13.8. The number of carbonyl (C=O) groups is 2. The zero-order valence-electron chi connectivity index (χ0n) is 16.1. The van der Waals surface area contributed by atoms with E-state index in [9.17, 15) is 24.9 Å². The second-order valence-corrected chi connectivity index (χ2v) is 7.48. The van der Waals surface area contributed by atoms with Crippen LogP contribution in [0.3, 0.4) is 0 Å². The van der Waals surface area contributed by atoms with E-state index in [0.29, 0.717) is 12.8 Å². The van der Waals surface area contributed by atoms with Gasteiger partial charge in [-0.15, -0.1) is 0 Å². The molecular formula is C22H22O7. The molecule has 2 aromatic carbocycles. The summed E-state index contributed by atoms with van der Waals surface area (Å²) in [5.41, 5.74) is 0.146. The Morgan fingerprint density at radius 2 is 1.69 bits per heavy atom. The molecule has 2 aromatic rings. The number of benzene rings is 2. The topological polar surface area (TPSA) is 113 Å². The van der Waals surface area contributed by atoms with E-state index in [1.165, 1.54) is 18.2 Å². The number of fused-ring (bicyclic) bond motifs is 2. The van der Waals surface area contributed by atoms with Crippen LogP contribution in [0.4, 0.5) is 0 Å². The van der Waals surface area contributed by atoms with Crippen molar-refractivity contribution >= 4 is 11.6 Å². The maximum absolute atomic E-state index is 13.0. The van der Waals surface area contributed by atoms with Crippen LogP contribution in [0, 0.1) is 0 Å². The van der Waals surface area contributed by atoms with E-state index in [1.54, 1.807) is 26.0 Å². The number of aliphatic hydroxyl groups is 1. The normalized spacial score (nSPS) is 24.7. The summed E-state index contributed by atoms with van der Waals surface area (Å²) < 4.78 is 11.5. The van der Waals surface area contributed by atoms with Crippen molar-refractivity contribution < 1.29 is 34.4 Å². The zero-order chi connectivity index (χ0) is 20.9. The first-order valence-electron chi connectivity index (χ1n) is 9.55. The molecule has 0 saturated carbocycles. The van der Waals surface area contributed by atoms with Crippen molar-refractivity contribution in [2.45, 2.75) is 51.3 Å². The second kappa shape index (κ2) is 7.26. The average Bonchev–Trinajstić information content (AvgIpc) is 2.70. The third kappa shape index (κ3) is 3.21. The van der Waals surface area contributed by atoms with Crippen LogP contribution in [0.25, 0.3) is 0 Å². The molecule has 4 atom stereocenters. The van der Waals surface area contributed by atoms with Gasteiger partial charge in [-0.2, -0.15) is 0 Å². The molecule has 1 aliphatic heterocycles. The van der Waals surface area contributed by atoms with Gasteiger partial charge in [-0.05, 0) is 26.3 Å². The van der Waals surface area contributed by atoms with Gasteiger partial charge in [0, 0.05) is 23.1 Å². The summed E-state index contributed by atoms with van der Waals surface area (Å²) in [7, 11) is 0.